The Morgan fingerprint density at radius 1 is 1.75 bits per heavy atom. The van der Waals surface area contributed by atoms with Crippen molar-refractivity contribution in [3.8, 4) is 5.61 Å². The molecule has 0 aliphatic carbocycles. The zero-order valence-corrected chi connectivity index (χ0v) is 5.30. The molecule has 4 heteroatoms. The average molecular weight is 128 g/mol. The molecule has 1 aromatic heterocycles. The highest BCUT2D eigenvalue weighted by Crippen LogP contribution is 2.14. The minimum absolute atomic E-state index is 0.694. The van der Waals surface area contributed by atoms with Gasteiger partial charge in [0.15, 0.2) is 0 Å². The Hall–Kier alpha value is -0.690. The zero-order chi connectivity index (χ0) is 5.82. The fraction of sp³-hybridized carbons (Fsp3) is 0.250. The number of aromatic nitrogens is 2. The van der Waals surface area contributed by atoms with Crippen LogP contribution in [0.3, 0.4) is 0 Å². The predicted octanol–water partition coefficient (Wildman–Crippen LogP) is 1.07. The molecule has 0 atom stereocenters. The first kappa shape index (κ1) is 5.45. The highest BCUT2D eigenvalue weighted by Gasteiger charge is 1.84. The van der Waals surface area contributed by atoms with Crippen molar-refractivity contribution < 1.29 is 4.74 Å². The summed E-state index contributed by atoms with van der Waals surface area (Å²) in [4.78, 5) is 7.55. The van der Waals surface area contributed by atoms with Gasteiger partial charge in [-0.1, -0.05) is 0 Å². The Balaban J connectivity index is 2.83. The van der Waals surface area contributed by atoms with Gasteiger partial charge in [0, 0.05) is 8.19 Å². The Morgan fingerprint density at radius 2 is 2.62 bits per heavy atom. The number of methoxy groups -OCH3 is 1. The third-order valence-corrected chi connectivity index (χ3v) is 1.42. The van der Waals surface area contributed by atoms with E-state index >= 15 is 0 Å². The summed E-state index contributed by atoms with van der Waals surface area (Å²) in [5.74, 6) is 1.73. The molecule has 0 unspecified atom stereocenters. The Bertz CT molecular complexity index is 155. The van der Waals surface area contributed by atoms with E-state index in [1.807, 2.05) is 0 Å². The summed E-state index contributed by atoms with van der Waals surface area (Å²) in [6.45, 7) is 0. The van der Waals surface area contributed by atoms with E-state index in [1.165, 1.54) is 6.33 Å². The maximum absolute atomic E-state index is 4.81. The normalized spacial score (nSPS) is 9.62. The molecule has 0 saturated carbocycles. The Labute approximate surface area is 48.8 Å². The number of nitrogens with zero attached hydrogens (tertiary/aromatic N) is 2. The van der Waals surface area contributed by atoms with Crippen LogP contribution in [0.4, 0.5) is 0 Å². The standard InChI is InChI=1S/C4H5N2OP/c1-7-4-6-2-5-3-8-4/h2-3H,1H3. The van der Waals surface area contributed by atoms with E-state index in [-0.39, 0.29) is 0 Å². The zero-order valence-electron chi connectivity index (χ0n) is 4.40. The first-order valence-electron chi connectivity index (χ1n) is 2.09. The lowest BCUT2D eigenvalue weighted by Crippen LogP contribution is -1.81. The smallest absolute Gasteiger partial charge is 0.243 e. The average Bonchev–Trinajstić information content (AvgIpc) is 1.90. The van der Waals surface area contributed by atoms with Crippen molar-refractivity contribution in [1.82, 2.24) is 9.97 Å². The summed E-state index contributed by atoms with van der Waals surface area (Å²) >= 11 is 0. The Morgan fingerprint density at radius 3 is 3.00 bits per heavy atom. The van der Waals surface area contributed by atoms with E-state index in [0.717, 1.165) is 8.19 Å². The van der Waals surface area contributed by atoms with E-state index < -0.39 is 0 Å². The van der Waals surface area contributed by atoms with Gasteiger partial charge in [0.1, 0.15) is 6.33 Å². The van der Waals surface area contributed by atoms with E-state index in [0.29, 0.717) is 5.61 Å². The second-order valence-corrected chi connectivity index (χ2v) is 2.00. The summed E-state index contributed by atoms with van der Waals surface area (Å²) in [6.07, 6.45) is 1.47. The molecule has 0 fully saturated rings. The summed E-state index contributed by atoms with van der Waals surface area (Å²) in [5, 5.41) is 0. The maximum Gasteiger partial charge on any atom is 0.243 e. The highest BCUT2D eigenvalue weighted by atomic mass is 31.0. The lowest BCUT2D eigenvalue weighted by molar-refractivity contribution is 0.410. The predicted molar refractivity (Wildman–Crippen MR) is 31.1 cm³/mol. The van der Waals surface area contributed by atoms with Gasteiger partial charge in [-0.15, -0.1) is 0 Å². The van der Waals surface area contributed by atoms with E-state index in [9.17, 15) is 0 Å². The van der Waals surface area contributed by atoms with Crippen molar-refractivity contribution in [1.29, 1.82) is 0 Å². The van der Waals surface area contributed by atoms with Gasteiger partial charge >= 0.3 is 0 Å². The van der Waals surface area contributed by atoms with Gasteiger partial charge in [-0.05, 0) is 0 Å². The molecule has 0 radical (unpaired) electrons. The largest absolute Gasteiger partial charge is 0.478 e. The molecule has 0 aliphatic rings. The van der Waals surface area contributed by atoms with Gasteiger partial charge < -0.3 is 4.74 Å². The topological polar surface area (TPSA) is 35.0 Å². The molecular formula is C4H5N2OP. The van der Waals surface area contributed by atoms with Crippen molar-refractivity contribution in [2.75, 3.05) is 7.11 Å². The minimum atomic E-state index is 0.694. The number of hydrogen-bond donors (Lipinski definition) is 0. The monoisotopic (exact) mass is 128 g/mol. The van der Waals surface area contributed by atoms with Crippen LogP contribution in [0.15, 0.2) is 12.3 Å². The molecular weight excluding hydrogens is 123 g/mol. The molecule has 0 amide bonds. The number of rotatable bonds is 1. The first-order valence-corrected chi connectivity index (χ1v) is 3.06. The third kappa shape index (κ3) is 1.14. The second kappa shape index (κ2) is 2.58. The van der Waals surface area contributed by atoms with Gasteiger partial charge in [0.25, 0.3) is 0 Å². The Kier molecular flexibility index (Phi) is 1.75. The maximum atomic E-state index is 4.81. The van der Waals surface area contributed by atoms with Crippen LogP contribution in [0.1, 0.15) is 0 Å². The second-order valence-electron chi connectivity index (χ2n) is 1.12. The van der Waals surface area contributed by atoms with Crippen LogP contribution in [0.2, 0.25) is 0 Å². The van der Waals surface area contributed by atoms with Crippen LogP contribution in [0.25, 0.3) is 0 Å². The first-order chi connectivity index (χ1) is 3.93. The van der Waals surface area contributed by atoms with Crippen LogP contribution < -0.4 is 4.74 Å². The van der Waals surface area contributed by atoms with Crippen molar-refractivity contribution in [3.05, 3.63) is 12.3 Å². The summed E-state index contributed by atoms with van der Waals surface area (Å²) in [6, 6.07) is 0. The molecule has 0 bridgehead atoms. The van der Waals surface area contributed by atoms with Gasteiger partial charge in [-0.2, -0.15) is 4.98 Å². The van der Waals surface area contributed by atoms with Crippen molar-refractivity contribution in [2.45, 2.75) is 0 Å². The minimum Gasteiger partial charge on any atom is -0.478 e. The molecule has 42 valence electrons. The van der Waals surface area contributed by atoms with E-state index in [2.05, 4.69) is 9.97 Å². The van der Waals surface area contributed by atoms with Crippen LogP contribution in [-0.2, 0) is 0 Å². The molecule has 8 heavy (non-hydrogen) atoms. The number of hydrogen-bond acceptors (Lipinski definition) is 3. The van der Waals surface area contributed by atoms with Gasteiger partial charge in [-0.25, -0.2) is 4.98 Å². The molecule has 0 aromatic carbocycles. The third-order valence-electron chi connectivity index (χ3n) is 0.652. The van der Waals surface area contributed by atoms with E-state index in [1.54, 1.807) is 13.0 Å². The van der Waals surface area contributed by atoms with Crippen LogP contribution in [0.5, 0.6) is 5.61 Å². The van der Waals surface area contributed by atoms with Gasteiger partial charge in [0.2, 0.25) is 5.61 Å². The quantitative estimate of drug-likeness (QED) is 0.567. The lowest BCUT2D eigenvalue weighted by atomic mass is 11.2. The molecule has 1 heterocycles. The molecule has 1 rings (SSSR count). The van der Waals surface area contributed by atoms with Crippen LogP contribution in [0, 0.1) is 0 Å². The van der Waals surface area contributed by atoms with Crippen LogP contribution >= 0.6 is 8.19 Å². The fourth-order valence-electron chi connectivity index (χ4n) is 0.334. The van der Waals surface area contributed by atoms with Crippen molar-refractivity contribution in [3.63, 3.8) is 0 Å². The summed E-state index contributed by atoms with van der Waals surface area (Å²) < 4.78 is 4.81. The molecule has 1 aromatic rings. The molecule has 0 aliphatic heterocycles. The van der Waals surface area contributed by atoms with Crippen LogP contribution in [-0.4, -0.2) is 17.1 Å². The van der Waals surface area contributed by atoms with Gasteiger partial charge in [-0.3, -0.25) is 0 Å². The summed E-state index contributed by atoms with van der Waals surface area (Å²) in [7, 11) is 2.53. The lowest BCUT2D eigenvalue weighted by Gasteiger charge is -1.90. The fourth-order valence-corrected chi connectivity index (χ4v) is 0.783. The molecule has 0 N–H and O–H groups in total. The van der Waals surface area contributed by atoms with Crippen molar-refractivity contribution >= 4 is 8.19 Å². The number of ether oxygens (including phenoxy) is 1. The van der Waals surface area contributed by atoms with Crippen molar-refractivity contribution in [2.24, 2.45) is 0 Å². The van der Waals surface area contributed by atoms with E-state index in [4.69, 9.17) is 4.74 Å². The SMILES string of the molecule is COc1ncncp1. The molecule has 3 nitrogen and oxygen atoms in total. The summed E-state index contributed by atoms with van der Waals surface area (Å²) in [5.41, 5.74) is 0.694. The molecule has 0 saturated heterocycles. The van der Waals surface area contributed by atoms with Gasteiger partial charge in [0.05, 0.1) is 13.0 Å². The highest BCUT2D eigenvalue weighted by molar-refractivity contribution is 7.31. The molecule has 0 spiro atoms.